The van der Waals surface area contributed by atoms with Crippen LogP contribution in [0, 0.1) is 5.92 Å². The molecule has 1 aliphatic rings. The predicted molar refractivity (Wildman–Crippen MR) is 122 cm³/mol. The van der Waals surface area contributed by atoms with Gasteiger partial charge in [-0.1, -0.05) is 49.7 Å². The molecule has 2 atom stereocenters. The van der Waals surface area contributed by atoms with Crippen molar-refractivity contribution in [3.63, 3.8) is 0 Å². The standard InChI is InChI=1S/C23H28N4O3S/c1-4-12-27-22(19-13-16-9-7-11-18(29-3)21(16)30-19)25-26-23(27)31-14-20(28)24-17-10-6-5-8-15(17)2/h4,7,9,11,13,15,17H,1,5-6,8,10,12,14H2,2-3H3,(H,24,28)/t15-,17+/m0/s1. The molecular weight excluding hydrogens is 412 g/mol. The van der Waals surface area contributed by atoms with E-state index in [4.69, 9.17) is 9.15 Å². The Hall–Kier alpha value is -2.74. The molecule has 0 bridgehead atoms. The molecule has 8 heteroatoms. The molecule has 7 nitrogen and oxygen atoms in total. The summed E-state index contributed by atoms with van der Waals surface area (Å²) in [6.07, 6.45) is 6.45. The highest BCUT2D eigenvalue weighted by atomic mass is 32.2. The van der Waals surface area contributed by atoms with Crippen LogP contribution in [-0.4, -0.2) is 39.6 Å². The molecule has 1 aliphatic carbocycles. The van der Waals surface area contributed by atoms with Gasteiger partial charge in [0.25, 0.3) is 0 Å². The molecule has 1 fully saturated rings. The average molecular weight is 441 g/mol. The zero-order valence-corrected chi connectivity index (χ0v) is 18.8. The Morgan fingerprint density at radius 3 is 3.00 bits per heavy atom. The largest absolute Gasteiger partial charge is 0.493 e. The number of methoxy groups -OCH3 is 1. The second kappa shape index (κ2) is 9.60. The summed E-state index contributed by atoms with van der Waals surface area (Å²) in [6.45, 7) is 6.58. The van der Waals surface area contributed by atoms with Gasteiger partial charge in [-0.15, -0.1) is 16.8 Å². The molecule has 0 spiro atoms. The summed E-state index contributed by atoms with van der Waals surface area (Å²) < 4.78 is 13.4. The number of rotatable bonds is 8. The maximum absolute atomic E-state index is 12.5. The molecule has 2 aromatic heterocycles. The topological polar surface area (TPSA) is 82.2 Å². The van der Waals surface area contributed by atoms with E-state index in [2.05, 4.69) is 29.0 Å². The second-order valence-electron chi connectivity index (χ2n) is 7.92. The molecule has 31 heavy (non-hydrogen) atoms. The van der Waals surface area contributed by atoms with Crippen molar-refractivity contribution in [3.8, 4) is 17.3 Å². The zero-order chi connectivity index (χ0) is 21.8. The fraction of sp³-hybridized carbons (Fsp3) is 0.435. The zero-order valence-electron chi connectivity index (χ0n) is 18.0. The molecule has 1 aromatic carbocycles. The van der Waals surface area contributed by atoms with Gasteiger partial charge in [0.15, 0.2) is 22.2 Å². The van der Waals surface area contributed by atoms with Crippen LogP contribution < -0.4 is 10.1 Å². The van der Waals surface area contributed by atoms with Gasteiger partial charge in [0.2, 0.25) is 11.7 Å². The number of fused-ring (bicyclic) bond motifs is 1. The molecule has 0 saturated heterocycles. The van der Waals surface area contributed by atoms with Crippen LogP contribution in [0.4, 0.5) is 0 Å². The van der Waals surface area contributed by atoms with E-state index in [1.807, 2.05) is 28.8 Å². The van der Waals surface area contributed by atoms with Crippen LogP contribution in [-0.2, 0) is 11.3 Å². The number of aromatic nitrogens is 3. The van der Waals surface area contributed by atoms with E-state index in [9.17, 15) is 4.79 Å². The number of carbonyl (C=O) groups excluding carboxylic acids is 1. The maximum atomic E-state index is 12.5. The van der Waals surface area contributed by atoms with Gasteiger partial charge in [0, 0.05) is 18.0 Å². The van der Waals surface area contributed by atoms with Gasteiger partial charge in [-0.25, -0.2) is 0 Å². The monoisotopic (exact) mass is 440 g/mol. The van der Waals surface area contributed by atoms with Gasteiger partial charge in [-0.2, -0.15) is 0 Å². The van der Waals surface area contributed by atoms with Gasteiger partial charge in [-0.05, 0) is 30.9 Å². The van der Waals surface area contributed by atoms with Crippen molar-refractivity contribution in [2.24, 2.45) is 5.92 Å². The number of ether oxygens (including phenoxy) is 1. The molecule has 0 aliphatic heterocycles. The van der Waals surface area contributed by atoms with E-state index in [1.165, 1.54) is 31.0 Å². The Balaban J connectivity index is 1.51. The molecule has 1 N–H and O–H groups in total. The first-order valence-corrected chi connectivity index (χ1v) is 11.6. The van der Waals surface area contributed by atoms with Crippen LogP contribution in [0.3, 0.4) is 0 Å². The van der Waals surface area contributed by atoms with Crippen molar-refractivity contribution in [2.45, 2.75) is 50.4 Å². The van der Waals surface area contributed by atoms with E-state index in [0.717, 1.165) is 11.8 Å². The highest BCUT2D eigenvalue weighted by Crippen LogP contribution is 2.34. The first-order chi connectivity index (χ1) is 15.1. The van der Waals surface area contributed by atoms with Gasteiger partial charge in [0.05, 0.1) is 12.9 Å². The number of benzene rings is 1. The van der Waals surface area contributed by atoms with Crippen LogP contribution >= 0.6 is 11.8 Å². The lowest BCUT2D eigenvalue weighted by Crippen LogP contribution is -2.41. The quantitative estimate of drug-likeness (QED) is 0.405. The van der Waals surface area contributed by atoms with Crippen molar-refractivity contribution >= 4 is 28.6 Å². The average Bonchev–Trinajstić information content (AvgIpc) is 3.38. The summed E-state index contributed by atoms with van der Waals surface area (Å²) in [5, 5.41) is 13.4. The van der Waals surface area contributed by atoms with Gasteiger partial charge < -0.3 is 14.5 Å². The molecule has 164 valence electrons. The minimum atomic E-state index is 0.0342. The molecule has 3 aromatic rings. The molecule has 0 unspecified atom stereocenters. The van der Waals surface area contributed by atoms with Gasteiger partial charge >= 0.3 is 0 Å². The van der Waals surface area contributed by atoms with Crippen molar-refractivity contribution in [3.05, 3.63) is 36.9 Å². The van der Waals surface area contributed by atoms with Crippen molar-refractivity contribution < 1.29 is 13.9 Å². The Labute approximate surface area is 186 Å². The summed E-state index contributed by atoms with van der Waals surface area (Å²) in [5.74, 6) is 2.73. The number of para-hydroxylation sites is 1. The summed E-state index contributed by atoms with van der Waals surface area (Å²) in [4.78, 5) is 12.5. The van der Waals surface area contributed by atoms with Crippen LogP contribution in [0.25, 0.3) is 22.6 Å². The van der Waals surface area contributed by atoms with Crippen LogP contribution in [0.15, 0.2) is 46.5 Å². The first-order valence-electron chi connectivity index (χ1n) is 10.6. The number of hydrogen-bond acceptors (Lipinski definition) is 6. The molecule has 2 heterocycles. The maximum Gasteiger partial charge on any atom is 0.230 e. The number of allylic oxidation sites excluding steroid dienone is 1. The smallest absolute Gasteiger partial charge is 0.230 e. The van der Waals surface area contributed by atoms with Crippen LogP contribution in [0.5, 0.6) is 5.75 Å². The predicted octanol–water partition coefficient (Wildman–Crippen LogP) is 4.67. The fourth-order valence-electron chi connectivity index (χ4n) is 4.09. The Bertz CT molecular complexity index is 1070. The Morgan fingerprint density at radius 1 is 1.39 bits per heavy atom. The van der Waals surface area contributed by atoms with Crippen molar-refractivity contribution in [1.29, 1.82) is 0 Å². The third kappa shape index (κ3) is 4.63. The first kappa shape index (κ1) is 21.5. The normalized spacial score (nSPS) is 18.8. The van der Waals surface area contributed by atoms with Crippen LogP contribution in [0.2, 0.25) is 0 Å². The van der Waals surface area contributed by atoms with Crippen molar-refractivity contribution in [1.82, 2.24) is 20.1 Å². The number of hydrogen-bond donors (Lipinski definition) is 1. The summed E-state index contributed by atoms with van der Waals surface area (Å²) in [7, 11) is 1.62. The Kier molecular flexibility index (Phi) is 6.65. The van der Waals surface area contributed by atoms with E-state index in [-0.39, 0.29) is 11.9 Å². The summed E-state index contributed by atoms with van der Waals surface area (Å²) in [5.41, 5.74) is 0.670. The van der Waals surface area contributed by atoms with Crippen molar-refractivity contribution in [2.75, 3.05) is 12.9 Å². The third-order valence-corrected chi connectivity index (χ3v) is 6.73. The number of carbonyl (C=O) groups is 1. The number of nitrogens with one attached hydrogen (secondary N) is 1. The summed E-state index contributed by atoms with van der Waals surface area (Å²) in [6, 6.07) is 7.94. The highest BCUT2D eigenvalue weighted by Gasteiger charge is 2.24. The van der Waals surface area contributed by atoms with Crippen LogP contribution in [0.1, 0.15) is 32.6 Å². The van der Waals surface area contributed by atoms with E-state index >= 15 is 0 Å². The molecule has 4 rings (SSSR count). The Morgan fingerprint density at radius 2 is 2.23 bits per heavy atom. The van der Waals surface area contributed by atoms with E-state index in [1.54, 1.807) is 13.2 Å². The third-order valence-electron chi connectivity index (χ3n) is 5.77. The fourth-order valence-corrected chi connectivity index (χ4v) is 4.85. The minimum Gasteiger partial charge on any atom is -0.493 e. The van der Waals surface area contributed by atoms with E-state index < -0.39 is 0 Å². The lowest BCUT2D eigenvalue weighted by Gasteiger charge is -2.29. The number of amides is 1. The number of thioether (sulfide) groups is 1. The number of nitrogens with zero attached hydrogens (tertiary/aromatic N) is 3. The second-order valence-corrected chi connectivity index (χ2v) is 8.86. The van der Waals surface area contributed by atoms with Gasteiger partial charge in [-0.3, -0.25) is 9.36 Å². The van der Waals surface area contributed by atoms with E-state index in [0.29, 0.717) is 46.3 Å². The highest BCUT2D eigenvalue weighted by molar-refractivity contribution is 7.99. The molecule has 1 amide bonds. The number of furan rings is 1. The SMILES string of the molecule is C=CCn1c(SCC(=O)N[C@@H]2CCCC[C@@H]2C)nnc1-c1cc2cccc(OC)c2o1. The lowest BCUT2D eigenvalue weighted by atomic mass is 9.86. The lowest BCUT2D eigenvalue weighted by molar-refractivity contribution is -0.119. The molecule has 0 radical (unpaired) electrons. The summed E-state index contributed by atoms with van der Waals surface area (Å²) >= 11 is 1.38. The minimum absolute atomic E-state index is 0.0342. The van der Waals surface area contributed by atoms with Gasteiger partial charge in [0.1, 0.15) is 0 Å². The molecule has 1 saturated carbocycles. The molecular formula is C23H28N4O3S.